The van der Waals surface area contributed by atoms with Crippen molar-refractivity contribution in [1.29, 1.82) is 0 Å². The summed E-state index contributed by atoms with van der Waals surface area (Å²) in [6, 6.07) is 0.392. The third kappa shape index (κ3) is 2.06. The number of nitrogens with zero attached hydrogens (tertiary/aromatic N) is 2. The van der Waals surface area contributed by atoms with E-state index in [2.05, 4.69) is 18.9 Å². The first-order valence-corrected chi connectivity index (χ1v) is 4.40. The number of carbonyl (C=O) groups excluding carboxylic acids is 1. The summed E-state index contributed by atoms with van der Waals surface area (Å²) in [5.74, 6) is 0.428. The highest BCUT2D eigenvalue weighted by atomic mass is 16.1. The van der Waals surface area contributed by atoms with Gasteiger partial charge in [0.1, 0.15) is 5.78 Å². The Labute approximate surface area is 73.4 Å². The van der Waals surface area contributed by atoms with E-state index in [9.17, 15) is 4.79 Å². The van der Waals surface area contributed by atoms with Crippen LogP contribution in [-0.4, -0.2) is 29.6 Å². The van der Waals surface area contributed by atoms with Crippen LogP contribution in [0.5, 0.6) is 0 Å². The van der Waals surface area contributed by atoms with E-state index in [0.717, 1.165) is 13.0 Å². The summed E-state index contributed by atoms with van der Waals surface area (Å²) in [6.45, 7) is 6.60. The predicted molar refractivity (Wildman–Crippen MR) is 49.1 cm³/mol. The van der Waals surface area contributed by atoms with Gasteiger partial charge in [-0.3, -0.25) is 9.80 Å². The van der Waals surface area contributed by atoms with E-state index < -0.39 is 0 Å². The fraction of sp³-hybridized carbons (Fsp3) is 0.778. The number of rotatable bonds is 2. The topological polar surface area (TPSA) is 32.7 Å². The van der Waals surface area contributed by atoms with Crippen LogP contribution in [0.1, 0.15) is 27.2 Å². The van der Waals surface area contributed by atoms with Crippen molar-refractivity contribution in [3.05, 3.63) is 0 Å². The normalized spacial score (nSPS) is 23.3. The highest BCUT2D eigenvalue weighted by molar-refractivity contribution is 5.81. The number of ketones is 1. The lowest BCUT2D eigenvalue weighted by Gasteiger charge is -2.29. The van der Waals surface area contributed by atoms with Crippen molar-refractivity contribution in [3.63, 3.8) is 0 Å². The Bertz CT molecular complexity index is 199. The van der Waals surface area contributed by atoms with Crippen LogP contribution >= 0.6 is 0 Å². The SMILES string of the molecule is CC(=O)C1CC=NN(C(C)C)C1. The van der Waals surface area contributed by atoms with Crippen molar-refractivity contribution in [1.82, 2.24) is 5.01 Å². The zero-order valence-electron chi connectivity index (χ0n) is 7.95. The molecule has 1 atom stereocenters. The summed E-state index contributed by atoms with van der Waals surface area (Å²) in [5.41, 5.74) is 0. The Hall–Kier alpha value is -0.860. The number of carbonyl (C=O) groups is 1. The Morgan fingerprint density at radius 3 is 2.83 bits per heavy atom. The summed E-state index contributed by atoms with van der Waals surface area (Å²) in [6.07, 6.45) is 2.65. The minimum atomic E-state index is 0.157. The van der Waals surface area contributed by atoms with Gasteiger partial charge in [-0.15, -0.1) is 0 Å². The van der Waals surface area contributed by atoms with Crippen LogP contribution in [-0.2, 0) is 4.79 Å². The maximum atomic E-state index is 11.1. The minimum Gasteiger partial charge on any atom is -0.300 e. The molecule has 0 radical (unpaired) electrons. The van der Waals surface area contributed by atoms with Crippen LogP contribution < -0.4 is 0 Å². The van der Waals surface area contributed by atoms with Crippen molar-refractivity contribution >= 4 is 12.0 Å². The molecule has 1 aliphatic heterocycles. The first kappa shape index (κ1) is 9.23. The van der Waals surface area contributed by atoms with Crippen molar-refractivity contribution < 1.29 is 4.79 Å². The smallest absolute Gasteiger partial charge is 0.135 e. The van der Waals surface area contributed by atoms with Gasteiger partial charge in [0.25, 0.3) is 0 Å². The van der Waals surface area contributed by atoms with Gasteiger partial charge >= 0.3 is 0 Å². The van der Waals surface area contributed by atoms with Gasteiger partial charge in [-0.1, -0.05) is 0 Å². The van der Waals surface area contributed by atoms with Gasteiger partial charge < -0.3 is 0 Å². The molecule has 1 heterocycles. The van der Waals surface area contributed by atoms with E-state index in [0.29, 0.717) is 6.04 Å². The van der Waals surface area contributed by atoms with Gasteiger partial charge in [0, 0.05) is 24.7 Å². The molecular weight excluding hydrogens is 152 g/mol. The highest BCUT2D eigenvalue weighted by Crippen LogP contribution is 2.13. The van der Waals surface area contributed by atoms with Crippen LogP contribution in [0, 0.1) is 5.92 Å². The van der Waals surface area contributed by atoms with Crippen LogP contribution in [0.15, 0.2) is 5.10 Å². The van der Waals surface area contributed by atoms with Crippen LogP contribution in [0.2, 0.25) is 0 Å². The lowest BCUT2D eigenvalue weighted by atomic mass is 10.0. The monoisotopic (exact) mass is 168 g/mol. The maximum Gasteiger partial charge on any atom is 0.135 e. The second-order valence-electron chi connectivity index (χ2n) is 3.56. The third-order valence-corrected chi connectivity index (χ3v) is 2.20. The van der Waals surface area contributed by atoms with Crippen molar-refractivity contribution in [2.45, 2.75) is 33.2 Å². The first-order valence-electron chi connectivity index (χ1n) is 4.40. The van der Waals surface area contributed by atoms with Gasteiger partial charge in [-0.2, -0.15) is 5.10 Å². The molecule has 0 aliphatic carbocycles. The second kappa shape index (κ2) is 3.70. The van der Waals surface area contributed by atoms with Crippen LogP contribution in [0.25, 0.3) is 0 Å². The molecule has 0 fully saturated rings. The van der Waals surface area contributed by atoms with Crippen LogP contribution in [0.4, 0.5) is 0 Å². The molecule has 1 unspecified atom stereocenters. The molecule has 3 nitrogen and oxygen atoms in total. The van der Waals surface area contributed by atoms with E-state index in [1.165, 1.54) is 0 Å². The second-order valence-corrected chi connectivity index (χ2v) is 3.56. The van der Waals surface area contributed by atoms with Gasteiger partial charge in [0.15, 0.2) is 0 Å². The number of hydrazone groups is 1. The summed E-state index contributed by atoms with van der Waals surface area (Å²) in [5, 5.41) is 6.19. The van der Waals surface area contributed by atoms with Crippen molar-refractivity contribution in [2.75, 3.05) is 6.54 Å². The van der Waals surface area contributed by atoms with Gasteiger partial charge in [0.2, 0.25) is 0 Å². The molecule has 3 heteroatoms. The molecule has 0 aromatic carbocycles. The molecule has 0 N–H and O–H groups in total. The molecule has 0 spiro atoms. The molecule has 1 aliphatic rings. The largest absolute Gasteiger partial charge is 0.300 e. The summed E-state index contributed by atoms with van der Waals surface area (Å²) < 4.78 is 0. The number of hydrogen-bond donors (Lipinski definition) is 0. The zero-order chi connectivity index (χ0) is 9.14. The van der Waals surface area contributed by atoms with E-state index in [-0.39, 0.29) is 11.7 Å². The Balaban J connectivity index is 2.57. The number of hydrogen-bond acceptors (Lipinski definition) is 3. The lowest BCUT2D eigenvalue weighted by molar-refractivity contribution is -0.121. The molecule has 1 rings (SSSR count). The molecule has 68 valence electrons. The van der Waals surface area contributed by atoms with Gasteiger partial charge in [-0.25, -0.2) is 0 Å². The first-order chi connectivity index (χ1) is 5.61. The predicted octanol–water partition coefficient (Wildman–Crippen LogP) is 1.29. The average Bonchev–Trinajstić information content (AvgIpc) is 2.04. The number of Topliss-reactive ketones (excluding diaryl/α,β-unsaturated/α-hetero) is 1. The Kier molecular flexibility index (Phi) is 2.84. The molecule has 0 saturated carbocycles. The molecule has 0 amide bonds. The third-order valence-electron chi connectivity index (χ3n) is 2.20. The average molecular weight is 168 g/mol. The van der Waals surface area contributed by atoms with E-state index in [4.69, 9.17) is 0 Å². The zero-order valence-corrected chi connectivity index (χ0v) is 7.95. The standard InChI is InChI=1S/C9H16N2O/c1-7(2)11-6-9(8(3)12)4-5-10-11/h5,7,9H,4,6H2,1-3H3. The van der Waals surface area contributed by atoms with Crippen LogP contribution in [0.3, 0.4) is 0 Å². The van der Waals surface area contributed by atoms with E-state index in [1.807, 2.05) is 11.2 Å². The fourth-order valence-corrected chi connectivity index (χ4v) is 1.27. The van der Waals surface area contributed by atoms with Crippen molar-refractivity contribution in [2.24, 2.45) is 11.0 Å². The quantitative estimate of drug-likeness (QED) is 0.622. The molecule has 0 aromatic rings. The van der Waals surface area contributed by atoms with Gasteiger partial charge in [0.05, 0.1) is 0 Å². The summed E-state index contributed by atoms with van der Waals surface area (Å²) in [7, 11) is 0. The Morgan fingerprint density at radius 2 is 2.33 bits per heavy atom. The lowest BCUT2D eigenvalue weighted by Crippen LogP contribution is -2.36. The molecule has 0 bridgehead atoms. The fourth-order valence-electron chi connectivity index (χ4n) is 1.27. The van der Waals surface area contributed by atoms with Gasteiger partial charge in [-0.05, 0) is 27.2 Å². The molecule has 0 saturated heterocycles. The maximum absolute atomic E-state index is 11.1. The van der Waals surface area contributed by atoms with E-state index in [1.54, 1.807) is 6.92 Å². The molecule has 12 heavy (non-hydrogen) atoms. The highest BCUT2D eigenvalue weighted by Gasteiger charge is 2.21. The van der Waals surface area contributed by atoms with E-state index >= 15 is 0 Å². The van der Waals surface area contributed by atoms with Crippen molar-refractivity contribution in [3.8, 4) is 0 Å². The Morgan fingerprint density at radius 1 is 1.67 bits per heavy atom. The molecular formula is C9H16N2O. The summed E-state index contributed by atoms with van der Waals surface area (Å²) >= 11 is 0. The minimum absolute atomic E-state index is 0.157. The summed E-state index contributed by atoms with van der Waals surface area (Å²) in [4.78, 5) is 11.1. The molecule has 0 aromatic heterocycles.